The van der Waals surface area contributed by atoms with E-state index in [9.17, 15) is 0 Å². The van der Waals surface area contributed by atoms with Crippen molar-refractivity contribution in [2.24, 2.45) is 0 Å². The maximum atomic E-state index is 6.79. The number of benzene rings is 9. The first-order chi connectivity index (χ1) is 31.8. The lowest BCUT2D eigenvalue weighted by molar-refractivity contribution is 0.651. The van der Waals surface area contributed by atoms with Gasteiger partial charge in [0, 0.05) is 54.4 Å². The van der Waals surface area contributed by atoms with Crippen molar-refractivity contribution in [2.45, 2.75) is 0 Å². The Kier molecular flexibility index (Phi) is 6.56. The Morgan fingerprint density at radius 2 is 0.891 bits per heavy atom. The van der Waals surface area contributed by atoms with Gasteiger partial charge < -0.3 is 13.4 Å². The van der Waals surface area contributed by atoms with E-state index in [1.807, 2.05) is 36.4 Å². The summed E-state index contributed by atoms with van der Waals surface area (Å²) in [4.78, 5) is 16.2. The minimum Gasteiger partial charge on any atom is -0.456 e. The van der Waals surface area contributed by atoms with Crippen molar-refractivity contribution >= 4 is 104 Å². The molecule has 0 fully saturated rings. The normalized spacial score (nSPS) is 12.4. The topological polar surface area (TPSA) is 74.3 Å². The van der Waals surface area contributed by atoms with E-state index in [-0.39, 0.29) is 0 Å². The van der Waals surface area contributed by atoms with Crippen molar-refractivity contribution in [3.8, 4) is 39.9 Å². The molecule has 0 unspecified atom stereocenters. The summed E-state index contributed by atoms with van der Waals surface area (Å²) in [6, 6.07) is 65.8. The molecule has 296 valence electrons. The Bertz CT molecular complexity index is 4450. The molecule has 7 nitrogen and oxygen atoms in total. The molecule has 0 aliphatic rings. The van der Waals surface area contributed by atoms with Gasteiger partial charge >= 0.3 is 0 Å². The molecule has 0 amide bonds. The van der Waals surface area contributed by atoms with Crippen LogP contribution in [0.4, 0.5) is 0 Å². The molecule has 7 heteroatoms. The summed E-state index contributed by atoms with van der Waals surface area (Å²) in [5, 5.41) is 12.3. The average Bonchev–Trinajstić information content (AvgIpc) is 4.08. The first-order valence-electron chi connectivity index (χ1n) is 21.5. The second kappa shape index (κ2) is 12.4. The van der Waals surface area contributed by atoms with Gasteiger partial charge in [-0.05, 0) is 70.8 Å². The lowest BCUT2D eigenvalue weighted by Gasteiger charge is -2.15. The Balaban J connectivity index is 1.06. The smallest absolute Gasteiger partial charge is 0.213 e. The van der Waals surface area contributed by atoms with Gasteiger partial charge in [-0.3, -0.25) is 4.40 Å². The van der Waals surface area contributed by atoms with E-state index < -0.39 is 0 Å². The fourth-order valence-electron chi connectivity index (χ4n) is 10.7. The molecular weight excluding hydrogens is 787 g/mol. The summed E-state index contributed by atoms with van der Waals surface area (Å²) in [5.74, 6) is 1.75. The van der Waals surface area contributed by atoms with E-state index in [4.69, 9.17) is 23.8 Å². The van der Waals surface area contributed by atoms with E-state index in [2.05, 4.69) is 161 Å². The van der Waals surface area contributed by atoms with Crippen molar-refractivity contribution in [1.82, 2.24) is 23.9 Å². The molecule has 15 aromatic rings. The van der Waals surface area contributed by atoms with E-state index in [1.165, 1.54) is 16.2 Å². The SMILES string of the molecule is c1ccc(-n2c3cccc4c5ccccc5n5c6oc7ccccc7c6c6ccc2c(c43)c65)c(-c2nc(-c3cccc4ccccc34)nc(-c3cccc4oc5ccccc5c34)n2)c1. The molecule has 0 aliphatic heterocycles. The number of hydrogen-bond acceptors (Lipinski definition) is 5. The van der Waals surface area contributed by atoms with Gasteiger partial charge in [0.25, 0.3) is 0 Å². The molecule has 9 aromatic carbocycles. The molecule has 0 radical (unpaired) electrons. The largest absolute Gasteiger partial charge is 0.456 e. The third-order valence-electron chi connectivity index (χ3n) is 13.3. The molecule has 64 heavy (non-hydrogen) atoms. The minimum atomic E-state index is 0.574. The Hall–Kier alpha value is -8.81. The van der Waals surface area contributed by atoms with Gasteiger partial charge in [0.05, 0.1) is 33.1 Å². The van der Waals surface area contributed by atoms with Crippen molar-refractivity contribution < 1.29 is 8.83 Å². The van der Waals surface area contributed by atoms with Crippen LogP contribution in [0.1, 0.15) is 0 Å². The molecule has 0 spiro atoms. The van der Waals surface area contributed by atoms with E-state index in [0.717, 1.165) is 110 Å². The highest BCUT2D eigenvalue weighted by atomic mass is 16.3. The fourth-order valence-corrected chi connectivity index (χ4v) is 10.7. The monoisotopic (exact) mass is 817 g/mol. The van der Waals surface area contributed by atoms with Crippen LogP contribution in [0.25, 0.3) is 144 Å². The summed E-state index contributed by atoms with van der Waals surface area (Å²) in [5.41, 5.74) is 11.4. The fraction of sp³-hybridized carbons (Fsp3) is 0. The van der Waals surface area contributed by atoms with Crippen LogP contribution in [-0.4, -0.2) is 23.9 Å². The van der Waals surface area contributed by atoms with Crippen LogP contribution >= 0.6 is 0 Å². The maximum absolute atomic E-state index is 6.79. The summed E-state index contributed by atoms with van der Waals surface area (Å²) >= 11 is 0. The van der Waals surface area contributed by atoms with Crippen LogP contribution in [0.2, 0.25) is 0 Å². The van der Waals surface area contributed by atoms with Crippen LogP contribution < -0.4 is 0 Å². The third-order valence-corrected chi connectivity index (χ3v) is 13.3. The van der Waals surface area contributed by atoms with Gasteiger partial charge in [0.15, 0.2) is 17.5 Å². The van der Waals surface area contributed by atoms with Crippen LogP contribution in [0.15, 0.2) is 197 Å². The second-order valence-electron chi connectivity index (χ2n) is 16.6. The Morgan fingerprint density at radius 1 is 0.328 bits per heavy atom. The van der Waals surface area contributed by atoms with Crippen LogP contribution in [0.5, 0.6) is 0 Å². The second-order valence-corrected chi connectivity index (χ2v) is 16.6. The number of nitrogens with zero attached hydrogens (tertiary/aromatic N) is 5. The lowest BCUT2D eigenvalue weighted by Crippen LogP contribution is -2.04. The van der Waals surface area contributed by atoms with Gasteiger partial charge in [-0.15, -0.1) is 0 Å². The zero-order chi connectivity index (χ0) is 41.6. The highest BCUT2D eigenvalue weighted by molar-refractivity contribution is 6.35. The molecule has 0 N–H and O–H groups in total. The molecule has 0 atom stereocenters. The van der Waals surface area contributed by atoms with E-state index in [1.54, 1.807) is 0 Å². The number of aromatic nitrogens is 5. The number of rotatable bonds is 4. The zero-order valence-electron chi connectivity index (χ0n) is 34.0. The summed E-state index contributed by atoms with van der Waals surface area (Å²) in [7, 11) is 0. The van der Waals surface area contributed by atoms with E-state index in [0.29, 0.717) is 17.5 Å². The first-order valence-corrected chi connectivity index (χ1v) is 21.5. The third kappa shape index (κ3) is 4.41. The Labute approximate surface area is 363 Å². The molecule has 15 rings (SSSR count). The predicted molar refractivity (Wildman–Crippen MR) is 260 cm³/mol. The van der Waals surface area contributed by atoms with Gasteiger partial charge in [-0.25, -0.2) is 15.0 Å². The van der Waals surface area contributed by atoms with Crippen molar-refractivity contribution in [1.29, 1.82) is 0 Å². The lowest BCUT2D eigenvalue weighted by atomic mass is 10.0. The number of fused-ring (bicyclic) bond motifs is 12. The van der Waals surface area contributed by atoms with Crippen molar-refractivity contribution in [3.63, 3.8) is 0 Å². The standard InChI is InChI=1S/C57H31N5O2/c1-2-16-33-32(14-1)15-11-22-36(33)54-58-55(60-56(59-54)41-23-13-29-48-49(41)38-19-5-9-27-46(38)63-48)37-18-4-8-25-43(37)61-44-26-12-21-35-34-17-3-7-24-42(34)62-53-40(30-31-45(61)52(53)51(35)44)50-39-20-6-10-28-47(39)64-57(50)62/h1-31H. The molecule has 0 aliphatic carbocycles. The molecular formula is C57H31N5O2. The molecule has 6 heterocycles. The quantitative estimate of drug-likeness (QED) is 0.177. The van der Waals surface area contributed by atoms with Crippen molar-refractivity contribution in [2.75, 3.05) is 0 Å². The number of furan rings is 2. The van der Waals surface area contributed by atoms with Crippen LogP contribution in [0, 0.1) is 0 Å². The number of hydrogen-bond donors (Lipinski definition) is 0. The van der Waals surface area contributed by atoms with E-state index >= 15 is 0 Å². The van der Waals surface area contributed by atoms with Gasteiger partial charge in [0.2, 0.25) is 5.71 Å². The predicted octanol–water partition coefficient (Wildman–Crippen LogP) is 14.9. The number of para-hydroxylation sites is 4. The van der Waals surface area contributed by atoms with Crippen molar-refractivity contribution in [3.05, 3.63) is 188 Å². The summed E-state index contributed by atoms with van der Waals surface area (Å²) in [6.07, 6.45) is 0. The minimum absolute atomic E-state index is 0.574. The van der Waals surface area contributed by atoms with Crippen LogP contribution in [-0.2, 0) is 0 Å². The van der Waals surface area contributed by atoms with Gasteiger partial charge in [0.1, 0.15) is 16.7 Å². The van der Waals surface area contributed by atoms with Gasteiger partial charge in [-0.2, -0.15) is 0 Å². The highest BCUT2D eigenvalue weighted by Crippen LogP contribution is 2.48. The molecule has 0 saturated carbocycles. The molecule has 0 saturated heterocycles. The Morgan fingerprint density at radius 3 is 1.77 bits per heavy atom. The molecule has 0 bridgehead atoms. The average molecular weight is 818 g/mol. The van der Waals surface area contributed by atoms with Gasteiger partial charge in [-0.1, -0.05) is 133 Å². The molecule has 6 aromatic heterocycles. The summed E-state index contributed by atoms with van der Waals surface area (Å²) < 4.78 is 17.9. The maximum Gasteiger partial charge on any atom is 0.213 e. The van der Waals surface area contributed by atoms with Crippen LogP contribution in [0.3, 0.4) is 0 Å². The highest BCUT2D eigenvalue weighted by Gasteiger charge is 2.27. The summed E-state index contributed by atoms with van der Waals surface area (Å²) in [6.45, 7) is 0. The first kappa shape index (κ1) is 33.9. The zero-order valence-corrected chi connectivity index (χ0v) is 34.0.